The van der Waals surface area contributed by atoms with Crippen LogP contribution in [0, 0.1) is 18.2 Å². The number of aliphatic hydroxyl groups excluding tert-OH is 1. The molecule has 3 N–H and O–H groups in total. The normalized spacial score (nSPS) is 12.6. The van der Waals surface area contributed by atoms with E-state index in [1.807, 2.05) is 0 Å². The Hall–Kier alpha value is -4.05. The minimum atomic E-state index is -3.11. The lowest BCUT2D eigenvalue weighted by Crippen LogP contribution is -2.28. The smallest absolute Gasteiger partial charge is 0.207 e. The second-order valence-corrected chi connectivity index (χ2v) is 11.2. The predicted octanol–water partition coefficient (Wildman–Crippen LogP) is 4.86. The molecule has 8 nitrogen and oxygen atoms in total. The van der Waals surface area contributed by atoms with Gasteiger partial charge in [-0.15, -0.1) is 0 Å². The maximum Gasteiger partial charge on any atom is 0.207 e. The summed E-state index contributed by atoms with van der Waals surface area (Å²) in [5.74, 6) is -0.708. The van der Waals surface area contributed by atoms with Gasteiger partial charge >= 0.3 is 0 Å². The molecule has 0 aliphatic rings. The van der Waals surface area contributed by atoms with Gasteiger partial charge in [-0.25, -0.2) is 12.8 Å². The van der Waals surface area contributed by atoms with Gasteiger partial charge in [0.1, 0.15) is 33.2 Å². The predicted molar refractivity (Wildman–Crippen MR) is 146 cm³/mol. The van der Waals surface area contributed by atoms with Gasteiger partial charge in [-0.2, -0.15) is 0 Å². The molecule has 0 radical (unpaired) electrons. The third kappa shape index (κ3) is 7.72. The molecule has 0 saturated heterocycles. The van der Waals surface area contributed by atoms with Crippen molar-refractivity contribution in [2.45, 2.75) is 25.8 Å². The van der Waals surface area contributed by atoms with Crippen molar-refractivity contribution >= 4 is 32.6 Å². The Morgan fingerprint density at radius 3 is 2.58 bits per heavy atom. The largest absolute Gasteiger partial charge is 0.515 e. The van der Waals surface area contributed by atoms with E-state index in [1.165, 1.54) is 37.8 Å². The molecule has 1 heterocycles. The minimum Gasteiger partial charge on any atom is -0.515 e. The SMILES string of the molecule is COc1cc(CCCS(C)(=O)=O)cc(NC(C(=O)C(=N)/C(=C\O)c2cccc(F)c2)c2ccc(C)nc2)c1. The van der Waals surface area contributed by atoms with Gasteiger partial charge in [0.2, 0.25) is 5.78 Å². The summed E-state index contributed by atoms with van der Waals surface area (Å²) in [6.45, 7) is 1.80. The first-order chi connectivity index (χ1) is 18.0. The van der Waals surface area contributed by atoms with Crippen LogP contribution in [0.4, 0.5) is 10.1 Å². The number of Topliss-reactive ketones (excluding diaryl/α,β-unsaturated/α-hetero) is 1. The molecule has 0 aliphatic heterocycles. The van der Waals surface area contributed by atoms with Crippen molar-refractivity contribution in [2.75, 3.05) is 24.4 Å². The van der Waals surface area contributed by atoms with E-state index in [0.717, 1.165) is 17.3 Å². The quantitative estimate of drug-likeness (QED) is 0.221. The summed E-state index contributed by atoms with van der Waals surface area (Å²) in [6, 6.07) is 12.9. The molecule has 0 fully saturated rings. The van der Waals surface area contributed by atoms with Crippen LogP contribution in [0.5, 0.6) is 5.75 Å². The highest BCUT2D eigenvalue weighted by Crippen LogP contribution is 2.28. The second-order valence-electron chi connectivity index (χ2n) is 8.91. The maximum atomic E-state index is 13.8. The van der Waals surface area contributed by atoms with Crippen molar-refractivity contribution in [2.24, 2.45) is 0 Å². The number of hydrogen-bond donors (Lipinski definition) is 3. The number of methoxy groups -OCH3 is 1. The van der Waals surface area contributed by atoms with Crippen LogP contribution in [0.3, 0.4) is 0 Å². The van der Waals surface area contributed by atoms with Gasteiger partial charge in [-0.05, 0) is 61.2 Å². The topological polar surface area (TPSA) is 129 Å². The summed E-state index contributed by atoms with van der Waals surface area (Å²) in [5, 5.41) is 21.6. The highest BCUT2D eigenvalue weighted by Gasteiger charge is 2.28. The third-order valence-electron chi connectivity index (χ3n) is 5.80. The molecule has 0 amide bonds. The molecule has 0 aliphatic carbocycles. The van der Waals surface area contributed by atoms with Crippen LogP contribution in [0.15, 0.2) is 67.1 Å². The lowest BCUT2D eigenvalue weighted by atomic mass is 9.93. The number of sulfone groups is 1. The number of hydrogen-bond acceptors (Lipinski definition) is 8. The summed E-state index contributed by atoms with van der Waals surface area (Å²) < 4.78 is 42.3. The highest BCUT2D eigenvalue weighted by molar-refractivity contribution is 7.90. The number of aliphatic hydroxyl groups is 1. The van der Waals surface area contributed by atoms with E-state index >= 15 is 0 Å². The third-order valence-corrected chi connectivity index (χ3v) is 6.83. The van der Waals surface area contributed by atoms with Gasteiger partial charge in [-0.1, -0.05) is 18.2 Å². The Morgan fingerprint density at radius 2 is 1.97 bits per heavy atom. The second kappa shape index (κ2) is 12.5. The Balaban J connectivity index is 1.97. The van der Waals surface area contributed by atoms with Crippen molar-refractivity contribution in [3.63, 3.8) is 0 Å². The number of carbonyl (C=O) groups is 1. The minimum absolute atomic E-state index is 0.0383. The van der Waals surface area contributed by atoms with Crippen molar-refractivity contribution in [1.82, 2.24) is 4.98 Å². The van der Waals surface area contributed by atoms with E-state index in [0.29, 0.717) is 36.1 Å². The Kier molecular flexibility index (Phi) is 9.35. The molecule has 200 valence electrons. The van der Waals surface area contributed by atoms with Gasteiger partial charge in [0.15, 0.2) is 0 Å². The number of benzene rings is 2. The molecule has 38 heavy (non-hydrogen) atoms. The first-order valence-electron chi connectivity index (χ1n) is 11.8. The van der Waals surface area contributed by atoms with E-state index in [1.54, 1.807) is 37.3 Å². The molecule has 1 aromatic heterocycles. The van der Waals surface area contributed by atoms with Crippen LogP contribution in [0.1, 0.15) is 34.8 Å². The molecular weight excluding hydrogens is 509 g/mol. The number of halogens is 1. The fourth-order valence-electron chi connectivity index (χ4n) is 3.88. The van der Waals surface area contributed by atoms with E-state index in [2.05, 4.69) is 10.3 Å². The number of ketones is 1. The van der Waals surface area contributed by atoms with Crippen molar-refractivity contribution in [3.05, 3.63) is 95.3 Å². The Bertz CT molecular complexity index is 1450. The Morgan fingerprint density at radius 1 is 1.21 bits per heavy atom. The molecule has 3 aromatic rings. The average molecular weight is 540 g/mol. The first-order valence-corrected chi connectivity index (χ1v) is 13.8. The lowest BCUT2D eigenvalue weighted by Gasteiger charge is -2.21. The van der Waals surface area contributed by atoms with Gasteiger partial charge in [0.05, 0.1) is 19.1 Å². The van der Waals surface area contributed by atoms with Crippen molar-refractivity contribution < 1.29 is 27.4 Å². The summed E-state index contributed by atoms with van der Waals surface area (Å²) in [5.41, 5.74) is 2.05. The molecule has 1 atom stereocenters. The molecule has 3 rings (SSSR count). The zero-order valence-corrected chi connectivity index (χ0v) is 22.2. The van der Waals surface area contributed by atoms with Crippen LogP contribution in [-0.2, 0) is 21.1 Å². The molecular formula is C28H30FN3O5S. The number of rotatable bonds is 12. The molecule has 0 saturated carbocycles. The van der Waals surface area contributed by atoms with Crippen molar-refractivity contribution in [1.29, 1.82) is 5.41 Å². The number of anilines is 1. The standard InChI is InChI=1S/C28H30FN3O5S/c1-18-9-10-21(16-31-18)27(28(34)26(30)25(17-33)20-7-4-8-22(29)14-20)32-23-12-19(13-24(15-23)37-2)6-5-11-38(3,35)36/h4,7-10,12-17,27,30,32-33H,5-6,11H2,1-3H3/b25-17-,30-26?. The van der Waals surface area contributed by atoms with Gasteiger partial charge in [-0.3, -0.25) is 15.2 Å². The van der Waals surface area contributed by atoms with Gasteiger partial charge in [0, 0.05) is 41.0 Å². The van der Waals surface area contributed by atoms with E-state index in [-0.39, 0.29) is 16.9 Å². The summed E-state index contributed by atoms with van der Waals surface area (Å²) in [4.78, 5) is 17.9. The first kappa shape index (κ1) is 28.5. The van der Waals surface area contributed by atoms with Crippen LogP contribution in [0.2, 0.25) is 0 Å². The molecule has 10 heteroatoms. The number of allylic oxidation sites excluding steroid dienone is 1. The van der Waals surface area contributed by atoms with Crippen LogP contribution in [0.25, 0.3) is 5.57 Å². The zero-order valence-electron chi connectivity index (χ0n) is 21.4. The van der Waals surface area contributed by atoms with Crippen LogP contribution in [-0.4, -0.2) is 49.1 Å². The highest BCUT2D eigenvalue weighted by atomic mass is 32.2. The van der Waals surface area contributed by atoms with E-state index in [9.17, 15) is 22.7 Å². The van der Waals surface area contributed by atoms with Gasteiger partial charge < -0.3 is 15.2 Å². The maximum absolute atomic E-state index is 13.8. The zero-order chi connectivity index (χ0) is 27.9. The van der Waals surface area contributed by atoms with Crippen molar-refractivity contribution in [3.8, 4) is 5.75 Å². The molecule has 0 bridgehead atoms. The fraction of sp³-hybridized carbons (Fsp3) is 0.250. The number of aryl methyl sites for hydroxylation is 2. The number of carbonyl (C=O) groups excluding carboxylic acids is 1. The summed E-state index contributed by atoms with van der Waals surface area (Å²) >= 11 is 0. The average Bonchev–Trinajstić information content (AvgIpc) is 2.87. The monoisotopic (exact) mass is 539 g/mol. The Labute approximate surface area is 221 Å². The fourth-order valence-corrected chi connectivity index (χ4v) is 4.55. The number of ether oxygens (including phenoxy) is 1. The summed E-state index contributed by atoms with van der Waals surface area (Å²) in [7, 11) is -1.61. The lowest BCUT2D eigenvalue weighted by molar-refractivity contribution is -0.113. The van der Waals surface area contributed by atoms with E-state index < -0.39 is 33.2 Å². The summed E-state index contributed by atoms with van der Waals surface area (Å²) in [6.07, 6.45) is 4.21. The molecule has 1 unspecified atom stereocenters. The van der Waals surface area contributed by atoms with Crippen LogP contribution < -0.4 is 10.1 Å². The molecule has 0 spiro atoms. The van der Waals surface area contributed by atoms with Crippen LogP contribution >= 0.6 is 0 Å². The number of pyridine rings is 1. The molecule has 2 aromatic carbocycles. The number of aromatic nitrogens is 1. The number of nitrogens with one attached hydrogen (secondary N) is 2. The van der Waals surface area contributed by atoms with E-state index in [4.69, 9.17) is 10.1 Å². The number of nitrogens with zero attached hydrogens (tertiary/aromatic N) is 1. The van der Waals surface area contributed by atoms with Gasteiger partial charge in [0.25, 0.3) is 0 Å².